The summed E-state index contributed by atoms with van der Waals surface area (Å²) < 4.78 is 61.1. The Morgan fingerprint density at radius 3 is 2.57 bits per heavy atom. The highest BCUT2D eigenvalue weighted by Crippen LogP contribution is 2.34. The number of fused-ring (bicyclic) bond motifs is 1. The second kappa shape index (κ2) is 5.57. The van der Waals surface area contributed by atoms with Gasteiger partial charge in [0.05, 0.1) is 11.0 Å². The van der Waals surface area contributed by atoms with E-state index in [0.29, 0.717) is 17.1 Å². The van der Waals surface area contributed by atoms with Crippen LogP contribution >= 0.6 is 0 Å². The van der Waals surface area contributed by atoms with Crippen LogP contribution in [0.5, 0.6) is 5.75 Å². The summed E-state index contributed by atoms with van der Waals surface area (Å²) >= 11 is 0. The lowest BCUT2D eigenvalue weighted by molar-refractivity contribution is -0.195. The van der Waals surface area contributed by atoms with Crippen molar-refractivity contribution in [2.75, 3.05) is 0 Å². The topological polar surface area (TPSA) is 27.1 Å². The largest absolute Gasteiger partial charge is 0.461 e. The van der Waals surface area contributed by atoms with E-state index in [1.807, 2.05) is 0 Å². The Morgan fingerprint density at radius 1 is 1.13 bits per heavy atom. The lowest BCUT2D eigenvalue weighted by Gasteiger charge is -2.18. The smallest absolute Gasteiger partial charge is 0.423 e. The summed E-state index contributed by atoms with van der Waals surface area (Å²) in [6.45, 7) is 1.92. The molecular formula is C16H12F4N2O. The molecule has 120 valence electrons. The number of nitrogens with zero attached hydrogens (tertiary/aromatic N) is 2. The van der Waals surface area contributed by atoms with Crippen LogP contribution in [-0.2, 0) is 12.7 Å². The molecule has 23 heavy (non-hydrogen) atoms. The molecule has 0 fully saturated rings. The number of ether oxygens (including phenoxy) is 1. The number of rotatable bonds is 4. The first-order valence-corrected chi connectivity index (χ1v) is 6.90. The van der Waals surface area contributed by atoms with Gasteiger partial charge in [-0.2, -0.15) is 8.78 Å². The van der Waals surface area contributed by atoms with E-state index in [0.717, 1.165) is 12.1 Å². The third kappa shape index (κ3) is 2.74. The Bertz CT molecular complexity index is 860. The molecule has 0 saturated carbocycles. The van der Waals surface area contributed by atoms with Crippen molar-refractivity contribution in [2.24, 2.45) is 0 Å². The van der Waals surface area contributed by atoms with Crippen LogP contribution in [0.1, 0.15) is 12.7 Å². The van der Waals surface area contributed by atoms with Crippen molar-refractivity contribution < 1.29 is 22.3 Å². The van der Waals surface area contributed by atoms with Gasteiger partial charge in [-0.3, -0.25) is 0 Å². The van der Waals surface area contributed by atoms with Gasteiger partial charge < -0.3 is 9.30 Å². The molecule has 0 atom stereocenters. The Balaban J connectivity index is 2.05. The molecule has 2 aromatic carbocycles. The molecular weight excluding hydrogens is 312 g/mol. The van der Waals surface area contributed by atoms with Gasteiger partial charge in [-0.15, -0.1) is 0 Å². The molecule has 0 unspecified atom stereocenters. The molecule has 0 N–H and O–H groups in total. The van der Waals surface area contributed by atoms with Gasteiger partial charge in [0, 0.05) is 12.6 Å². The molecule has 1 aromatic heterocycles. The maximum atomic E-state index is 14.4. The lowest BCUT2D eigenvalue weighted by atomic mass is 10.3. The Hall–Kier alpha value is -2.57. The number of alkyl halides is 2. The van der Waals surface area contributed by atoms with E-state index in [9.17, 15) is 17.6 Å². The van der Waals surface area contributed by atoms with E-state index in [2.05, 4.69) is 9.72 Å². The average Bonchev–Trinajstić information content (AvgIpc) is 2.89. The van der Waals surface area contributed by atoms with Gasteiger partial charge >= 0.3 is 6.11 Å². The monoisotopic (exact) mass is 324 g/mol. The summed E-state index contributed by atoms with van der Waals surface area (Å²) in [5.41, 5.74) is 0.903. The van der Waals surface area contributed by atoms with Crippen molar-refractivity contribution >= 4 is 11.0 Å². The zero-order chi connectivity index (χ0) is 16.6. The molecule has 0 saturated heterocycles. The summed E-state index contributed by atoms with van der Waals surface area (Å²) in [7, 11) is 0. The van der Waals surface area contributed by atoms with Crippen LogP contribution in [0.25, 0.3) is 11.0 Å². The van der Waals surface area contributed by atoms with E-state index < -0.39 is 29.3 Å². The quantitative estimate of drug-likeness (QED) is 0.662. The minimum Gasteiger partial charge on any atom is -0.423 e. The molecule has 3 aromatic rings. The van der Waals surface area contributed by atoms with E-state index in [1.165, 1.54) is 4.57 Å². The van der Waals surface area contributed by atoms with Crippen LogP contribution in [0.2, 0.25) is 0 Å². The van der Waals surface area contributed by atoms with Crippen molar-refractivity contribution in [3.8, 4) is 5.75 Å². The molecule has 3 rings (SSSR count). The Kier molecular flexibility index (Phi) is 3.71. The highest BCUT2D eigenvalue weighted by atomic mass is 19.3. The third-order valence-corrected chi connectivity index (χ3v) is 3.36. The molecule has 0 spiro atoms. The van der Waals surface area contributed by atoms with Gasteiger partial charge in [-0.05, 0) is 31.2 Å². The molecule has 3 nitrogen and oxygen atoms in total. The molecule has 0 aliphatic carbocycles. The van der Waals surface area contributed by atoms with E-state index in [1.54, 1.807) is 31.2 Å². The standard InChI is InChI=1S/C16H12F4N2O/c1-2-22-13-6-4-3-5-12(13)21-15(22)16(19,20)23-14-8-7-10(17)9-11(14)18/h3-9H,2H2,1H3. The van der Waals surface area contributed by atoms with Gasteiger partial charge in [0.2, 0.25) is 5.82 Å². The number of halogens is 4. The van der Waals surface area contributed by atoms with Crippen LogP contribution in [0.3, 0.4) is 0 Å². The molecule has 1 heterocycles. The summed E-state index contributed by atoms with van der Waals surface area (Å²) in [5, 5.41) is 0. The van der Waals surface area contributed by atoms with Gasteiger partial charge in [-0.25, -0.2) is 13.8 Å². The van der Waals surface area contributed by atoms with Crippen LogP contribution in [0.15, 0.2) is 42.5 Å². The van der Waals surface area contributed by atoms with Crippen molar-refractivity contribution in [2.45, 2.75) is 19.6 Å². The number of benzene rings is 2. The van der Waals surface area contributed by atoms with Crippen molar-refractivity contribution in [1.29, 1.82) is 0 Å². The number of aryl methyl sites for hydroxylation is 1. The van der Waals surface area contributed by atoms with E-state index in [4.69, 9.17) is 0 Å². The summed E-state index contributed by atoms with van der Waals surface area (Å²) in [6.07, 6.45) is -3.87. The Morgan fingerprint density at radius 2 is 1.87 bits per heavy atom. The van der Waals surface area contributed by atoms with Crippen LogP contribution in [-0.4, -0.2) is 9.55 Å². The highest BCUT2D eigenvalue weighted by Gasteiger charge is 2.41. The first kappa shape index (κ1) is 15.3. The normalized spacial score (nSPS) is 11.9. The maximum Gasteiger partial charge on any atom is 0.461 e. The van der Waals surface area contributed by atoms with E-state index in [-0.39, 0.29) is 6.54 Å². The summed E-state index contributed by atoms with van der Waals surface area (Å²) in [6, 6.07) is 8.78. The average molecular weight is 324 g/mol. The molecule has 0 amide bonds. The van der Waals surface area contributed by atoms with Gasteiger partial charge in [0.1, 0.15) is 5.82 Å². The first-order chi connectivity index (χ1) is 10.9. The number of hydrogen-bond donors (Lipinski definition) is 0. The number of hydrogen-bond acceptors (Lipinski definition) is 2. The van der Waals surface area contributed by atoms with Crippen LogP contribution in [0, 0.1) is 11.6 Å². The predicted octanol–water partition coefficient (Wildman–Crippen LogP) is 4.46. The van der Waals surface area contributed by atoms with E-state index >= 15 is 0 Å². The molecule has 7 heteroatoms. The lowest BCUT2D eigenvalue weighted by Crippen LogP contribution is -2.27. The second-order valence-corrected chi connectivity index (χ2v) is 4.86. The molecule has 0 bridgehead atoms. The third-order valence-electron chi connectivity index (χ3n) is 3.36. The highest BCUT2D eigenvalue weighted by molar-refractivity contribution is 5.76. The second-order valence-electron chi connectivity index (χ2n) is 4.86. The molecule has 0 radical (unpaired) electrons. The van der Waals surface area contributed by atoms with Crippen molar-refractivity contribution in [3.05, 3.63) is 59.9 Å². The zero-order valence-electron chi connectivity index (χ0n) is 12.1. The summed E-state index contributed by atoms with van der Waals surface area (Å²) in [5.74, 6) is -3.46. The summed E-state index contributed by atoms with van der Waals surface area (Å²) in [4.78, 5) is 3.89. The minimum absolute atomic E-state index is 0.237. The fourth-order valence-electron chi connectivity index (χ4n) is 2.36. The Labute approximate surface area is 129 Å². The zero-order valence-corrected chi connectivity index (χ0v) is 12.1. The van der Waals surface area contributed by atoms with Crippen LogP contribution in [0.4, 0.5) is 17.6 Å². The maximum absolute atomic E-state index is 14.4. The van der Waals surface area contributed by atoms with Gasteiger partial charge in [-0.1, -0.05) is 12.1 Å². The number of para-hydroxylation sites is 2. The minimum atomic E-state index is -3.87. The SMILES string of the molecule is CCn1c(C(F)(F)Oc2ccc(F)cc2F)nc2ccccc21. The number of imidazole rings is 1. The molecule has 0 aliphatic rings. The van der Waals surface area contributed by atoms with Crippen molar-refractivity contribution in [3.63, 3.8) is 0 Å². The van der Waals surface area contributed by atoms with Gasteiger partial charge in [0.15, 0.2) is 11.6 Å². The predicted molar refractivity (Wildman–Crippen MR) is 76.3 cm³/mol. The van der Waals surface area contributed by atoms with Crippen LogP contribution < -0.4 is 4.74 Å². The fourth-order valence-corrected chi connectivity index (χ4v) is 2.36. The molecule has 0 aliphatic heterocycles. The van der Waals surface area contributed by atoms with Crippen molar-refractivity contribution in [1.82, 2.24) is 9.55 Å². The number of aromatic nitrogens is 2. The van der Waals surface area contributed by atoms with Gasteiger partial charge in [0.25, 0.3) is 0 Å². The fraction of sp³-hybridized carbons (Fsp3) is 0.188. The first-order valence-electron chi connectivity index (χ1n) is 6.90.